The molecule has 0 aliphatic carbocycles. The Hall–Kier alpha value is -1.73. The molecule has 0 spiro atoms. The summed E-state index contributed by atoms with van der Waals surface area (Å²) in [5, 5.41) is 16.2. The second-order valence-electron chi connectivity index (χ2n) is 4.55. The molecule has 0 radical (unpaired) electrons. The third-order valence-corrected chi connectivity index (χ3v) is 4.85. The van der Waals surface area contributed by atoms with Crippen molar-refractivity contribution in [1.82, 2.24) is 10.3 Å². The lowest BCUT2D eigenvalue weighted by Crippen LogP contribution is -2.33. The third kappa shape index (κ3) is 4.12. The van der Waals surface area contributed by atoms with E-state index in [0.717, 1.165) is 16.3 Å². The number of thiophene rings is 1. The first kappa shape index (κ1) is 15.7. The predicted molar refractivity (Wildman–Crippen MR) is 83.8 cm³/mol. The van der Waals surface area contributed by atoms with Crippen molar-refractivity contribution >= 4 is 34.6 Å². The number of amides is 1. The van der Waals surface area contributed by atoms with Gasteiger partial charge in [-0.3, -0.25) is 9.59 Å². The van der Waals surface area contributed by atoms with Gasteiger partial charge in [0.25, 0.3) is 5.91 Å². The van der Waals surface area contributed by atoms with E-state index in [4.69, 9.17) is 5.11 Å². The number of nitrogens with one attached hydrogen (secondary N) is 1. The van der Waals surface area contributed by atoms with E-state index in [-0.39, 0.29) is 12.5 Å². The van der Waals surface area contributed by atoms with Gasteiger partial charge in [-0.25, -0.2) is 4.98 Å². The van der Waals surface area contributed by atoms with E-state index in [1.54, 1.807) is 16.7 Å². The first-order chi connectivity index (χ1) is 10.1. The summed E-state index contributed by atoms with van der Waals surface area (Å²) in [7, 11) is 0. The molecule has 2 heterocycles. The van der Waals surface area contributed by atoms with Crippen molar-refractivity contribution in [3.8, 4) is 9.88 Å². The van der Waals surface area contributed by atoms with E-state index in [1.807, 2.05) is 24.4 Å². The number of aromatic nitrogens is 1. The summed E-state index contributed by atoms with van der Waals surface area (Å²) < 4.78 is 0. The minimum atomic E-state index is -0.880. The van der Waals surface area contributed by atoms with Crippen molar-refractivity contribution in [2.24, 2.45) is 5.92 Å². The Morgan fingerprint density at radius 1 is 1.43 bits per heavy atom. The van der Waals surface area contributed by atoms with Crippen LogP contribution in [0.3, 0.4) is 0 Å². The van der Waals surface area contributed by atoms with Gasteiger partial charge in [-0.2, -0.15) is 0 Å². The summed E-state index contributed by atoms with van der Waals surface area (Å²) in [6, 6.07) is 3.89. The van der Waals surface area contributed by atoms with Crippen LogP contribution in [-0.4, -0.2) is 28.5 Å². The summed E-state index contributed by atoms with van der Waals surface area (Å²) >= 11 is 2.98. The second kappa shape index (κ2) is 7.33. The topological polar surface area (TPSA) is 79.3 Å². The highest BCUT2D eigenvalue weighted by Crippen LogP contribution is 2.27. The van der Waals surface area contributed by atoms with E-state index >= 15 is 0 Å². The van der Waals surface area contributed by atoms with Crippen LogP contribution in [0, 0.1) is 5.92 Å². The van der Waals surface area contributed by atoms with Crippen LogP contribution in [0.5, 0.6) is 0 Å². The number of nitrogens with zero attached hydrogens (tertiary/aromatic N) is 1. The molecule has 1 atom stereocenters. The molecule has 0 bridgehead atoms. The van der Waals surface area contributed by atoms with Crippen molar-refractivity contribution in [3.05, 3.63) is 28.6 Å². The van der Waals surface area contributed by atoms with Crippen LogP contribution in [0.2, 0.25) is 0 Å². The standard InChI is InChI=1S/C14H16N2O3S2/c1-2-4-9(14(18)19)7-15-12(17)10-8-21-13(16-10)11-5-3-6-20-11/h3,5-6,8-9H,2,4,7H2,1H3,(H,15,17)(H,18,19). The van der Waals surface area contributed by atoms with Crippen molar-refractivity contribution in [1.29, 1.82) is 0 Å². The van der Waals surface area contributed by atoms with Crippen molar-refractivity contribution < 1.29 is 14.7 Å². The van der Waals surface area contributed by atoms with Crippen LogP contribution < -0.4 is 5.32 Å². The molecule has 21 heavy (non-hydrogen) atoms. The van der Waals surface area contributed by atoms with E-state index in [2.05, 4.69) is 10.3 Å². The molecule has 0 aliphatic heterocycles. The SMILES string of the molecule is CCCC(CNC(=O)c1csc(-c2cccs2)n1)C(=O)O. The first-order valence-electron chi connectivity index (χ1n) is 6.62. The van der Waals surface area contributed by atoms with E-state index in [0.29, 0.717) is 12.1 Å². The molecule has 0 saturated carbocycles. The maximum absolute atomic E-state index is 12.0. The van der Waals surface area contributed by atoms with Gasteiger partial charge in [-0.1, -0.05) is 19.4 Å². The average Bonchev–Trinajstić information content (AvgIpc) is 3.11. The Morgan fingerprint density at radius 2 is 2.24 bits per heavy atom. The van der Waals surface area contributed by atoms with Crippen molar-refractivity contribution in [3.63, 3.8) is 0 Å². The van der Waals surface area contributed by atoms with Crippen LogP contribution in [0.25, 0.3) is 9.88 Å². The molecule has 0 aliphatic rings. The highest BCUT2D eigenvalue weighted by Gasteiger charge is 2.19. The zero-order chi connectivity index (χ0) is 15.2. The number of carboxylic acids is 1. The molecular weight excluding hydrogens is 308 g/mol. The fourth-order valence-corrected chi connectivity index (χ4v) is 3.47. The molecule has 1 amide bonds. The molecule has 2 aromatic rings. The van der Waals surface area contributed by atoms with Crippen molar-refractivity contribution in [2.45, 2.75) is 19.8 Å². The number of hydrogen-bond acceptors (Lipinski definition) is 5. The molecule has 2 rings (SSSR count). The molecule has 7 heteroatoms. The molecule has 0 aromatic carbocycles. The predicted octanol–water partition coefficient (Wildman–Crippen LogP) is 3.10. The Morgan fingerprint density at radius 3 is 2.86 bits per heavy atom. The summed E-state index contributed by atoms with van der Waals surface area (Å²) in [5.74, 6) is -1.75. The Bertz CT molecular complexity index is 608. The lowest BCUT2D eigenvalue weighted by molar-refractivity contribution is -0.141. The Kier molecular flexibility index (Phi) is 5.46. The maximum Gasteiger partial charge on any atom is 0.308 e. The van der Waals surface area contributed by atoms with E-state index in [1.165, 1.54) is 11.3 Å². The van der Waals surface area contributed by atoms with Crippen LogP contribution in [0.4, 0.5) is 0 Å². The van der Waals surface area contributed by atoms with E-state index in [9.17, 15) is 9.59 Å². The molecule has 2 aromatic heterocycles. The third-order valence-electron chi connectivity index (χ3n) is 2.96. The fraction of sp³-hybridized carbons (Fsp3) is 0.357. The van der Waals surface area contributed by atoms with Gasteiger partial charge in [-0.15, -0.1) is 22.7 Å². The molecule has 0 saturated heterocycles. The number of carboxylic acid groups (broad SMARTS) is 1. The number of carbonyl (C=O) groups is 2. The van der Waals surface area contributed by atoms with Crippen LogP contribution in [0.15, 0.2) is 22.9 Å². The molecule has 0 fully saturated rings. The molecule has 1 unspecified atom stereocenters. The minimum Gasteiger partial charge on any atom is -0.481 e. The molecule has 5 nitrogen and oxygen atoms in total. The van der Waals surface area contributed by atoms with Gasteiger partial charge in [0.05, 0.1) is 10.8 Å². The quantitative estimate of drug-likeness (QED) is 0.820. The zero-order valence-corrected chi connectivity index (χ0v) is 13.2. The minimum absolute atomic E-state index is 0.133. The number of thiazole rings is 1. The van der Waals surface area contributed by atoms with E-state index < -0.39 is 11.9 Å². The summed E-state index contributed by atoms with van der Waals surface area (Å²) in [6.45, 7) is 2.05. The number of hydrogen-bond donors (Lipinski definition) is 2. The second-order valence-corrected chi connectivity index (χ2v) is 6.35. The maximum atomic E-state index is 12.0. The lowest BCUT2D eigenvalue weighted by atomic mass is 10.0. The molecule has 112 valence electrons. The normalized spacial score (nSPS) is 12.0. The van der Waals surface area contributed by atoms with Gasteiger partial charge < -0.3 is 10.4 Å². The summed E-state index contributed by atoms with van der Waals surface area (Å²) in [6.07, 6.45) is 1.32. The Labute approximate surface area is 130 Å². The number of rotatable bonds is 7. The van der Waals surface area contributed by atoms with Gasteiger partial charge in [0.1, 0.15) is 10.7 Å². The lowest BCUT2D eigenvalue weighted by Gasteiger charge is -2.11. The Balaban J connectivity index is 1.96. The number of aliphatic carboxylic acids is 1. The highest BCUT2D eigenvalue weighted by atomic mass is 32.1. The van der Waals surface area contributed by atoms with Crippen LogP contribution in [-0.2, 0) is 4.79 Å². The van der Waals surface area contributed by atoms with Gasteiger partial charge in [0, 0.05) is 11.9 Å². The monoisotopic (exact) mass is 324 g/mol. The van der Waals surface area contributed by atoms with Gasteiger partial charge >= 0.3 is 5.97 Å². The molecular formula is C14H16N2O3S2. The van der Waals surface area contributed by atoms with Crippen LogP contribution in [0.1, 0.15) is 30.3 Å². The zero-order valence-electron chi connectivity index (χ0n) is 11.5. The smallest absolute Gasteiger partial charge is 0.308 e. The van der Waals surface area contributed by atoms with Crippen molar-refractivity contribution in [2.75, 3.05) is 6.54 Å². The van der Waals surface area contributed by atoms with Gasteiger partial charge in [-0.05, 0) is 17.9 Å². The average molecular weight is 324 g/mol. The van der Waals surface area contributed by atoms with Gasteiger partial charge in [0.2, 0.25) is 0 Å². The number of carbonyl (C=O) groups excluding carboxylic acids is 1. The largest absolute Gasteiger partial charge is 0.481 e. The molecule has 2 N–H and O–H groups in total. The van der Waals surface area contributed by atoms with Crippen LogP contribution >= 0.6 is 22.7 Å². The highest BCUT2D eigenvalue weighted by molar-refractivity contribution is 7.20. The summed E-state index contributed by atoms with van der Waals surface area (Å²) in [5.41, 5.74) is 0.337. The summed E-state index contributed by atoms with van der Waals surface area (Å²) in [4.78, 5) is 28.3. The van der Waals surface area contributed by atoms with Gasteiger partial charge in [0.15, 0.2) is 0 Å². The first-order valence-corrected chi connectivity index (χ1v) is 8.38. The fourth-order valence-electron chi connectivity index (χ4n) is 1.86.